The van der Waals surface area contributed by atoms with Crippen molar-refractivity contribution in [3.8, 4) is 11.5 Å². The van der Waals surface area contributed by atoms with Crippen molar-refractivity contribution in [1.82, 2.24) is 5.32 Å². The molecule has 0 radical (unpaired) electrons. The van der Waals surface area contributed by atoms with Crippen molar-refractivity contribution < 1.29 is 38.1 Å². The van der Waals surface area contributed by atoms with Crippen molar-refractivity contribution in [2.24, 2.45) is 5.73 Å². The van der Waals surface area contributed by atoms with Crippen LogP contribution in [0.25, 0.3) is 0 Å². The molecule has 3 aromatic carbocycles. The standard InChI is InChI=1S/C34H38Cl2N2O8/c1-34(2,3)46-27(39)19-23(37)16-11-17-44-30-25(35)20-24(29(28(30)36)45-32(41)22-14-9-6-10-15-22)31(40)38-26(33(42)43-4)18-21-12-7-5-8-13-21/h5-10,12-15,20,23,26H,11,16-19,37H2,1-4H3,(H,38,40)/t23?,26-/m0/s1. The fraction of sp³-hybridized carbons (Fsp3) is 0.353. The number of esters is 3. The summed E-state index contributed by atoms with van der Waals surface area (Å²) in [5, 5.41) is 2.38. The van der Waals surface area contributed by atoms with Gasteiger partial charge in [0.05, 0.1) is 36.3 Å². The van der Waals surface area contributed by atoms with E-state index in [-0.39, 0.29) is 52.1 Å². The summed E-state index contributed by atoms with van der Waals surface area (Å²) >= 11 is 13.2. The highest BCUT2D eigenvalue weighted by molar-refractivity contribution is 6.39. The molecule has 46 heavy (non-hydrogen) atoms. The number of benzene rings is 3. The van der Waals surface area contributed by atoms with Crippen LogP contribution in [-0.2, 0) is 25.5 Å². The number of rotatable bonds is 14. The third kappa shape index (κ3) is 11.0. The maximum absolute atomic E-state index is 13.6. The number of nitrogens with two attached hydrogens (primary N) is 1. The van der Waals surface area contributed by atoms with Crippen LogP contribution in [0.5, 0.6) is 11.5 Å². The molecule has 0 saturated heterocycles. The Morgan fingerprint density at radius 2 is 1.57 bits per heavy atom. The monoisotopic (exact) mass is 672 g/mol. The van der Waals surface area contributed by atoms with Gasteiger partial charge in [0, 0.05) is 12.5 Å². The van der Waals surface area contributed by atoms with E-state index < -0.39 is 41.5 Å². The van der Waals surface area contributed by atoms with Crippen molar-refractivity contribution >= 4 is 47.0 Å². The summed E-state index contributed by atoms with van der Waals surface area (Å²) in [5.74, 6) is -2.98. The van der Waals surface area contributed by atoms with Crippen LogP contribution in [0.4, 0.5) is 0 Å². The lowest BCUT2D eigenvalue weighted by molar-refractivity contribution is -0.155. The van der Waals surface area contributed by atoms with Crippen molar-refractivity contribution in [3.63, 3.8) is 0 Å². The zero-order chi connectivity index (χ0) is 33.9. The first-order valence-corrected chi connectivity index (χ1v) is 15.4. The molecule has 3 N–H and O–H groups in total. The van der Waals surface area contributed by atoms with E-state index in [9.17, 15) is 19.2 Å². The lowest BCUT2D eigenvalue weighted by Gasteiger charge is -2.21. The molecule has 0 aromatic heterocycles. The first-order valence-electron chi connectivity index (χ1n) is 14.6. The number of hydrogen-bond donors (Lipinski definition) is 2. The lowest BCUT2D eigenvalue weighted by Crippen LogP contribution is -2.43. The van der Waals surface area contributed by atoms with Gasteiger partial charge >= 0.3 is 17.9 Å². The normalized spacial score (nSPS) is 12.4. The van der Waals surface area contributed by atoms with Gasteiger partial charge in [0.2, 0.25) is 0 Å². The fourth-order valence-electron chi connectivity index (χ4n) is 4.35. The van der Waals surface area contributed by atoms with Gasteiger partial charge < -0.3 is 30.0 Å². The highest BCUT2D eigenvalue weighted by Gasteiger charge is 2.29. The second-order valence-corrected chi connectivity index (χ2v) is 12.2. The van der Waals surface area contributed by atoms with E-state index in [1.165, 1.54) is 25.3 Å². The average molecular weight is 674 g/mol. The van der Waals surface area contributed by atoms with Crippen LogP contribution in [0.1, 0.15) is 66.3 Å². The molecular weight excluding hydrogens is 635 g/mol. The Bertz CT molecular complexity index is 1510. The number of nitrogens with one attached hydrogen (secondary N) is 1. The van der Waals surface area contributed by atoms with Gasteiger partial charge in [-0.05, 0) is 57.4 Å². The topological polar surface area (TPSA) is 143 Å². The molecule has 12 heteroatoms. The Hall–Kier alpha value is -4.12. The minimum atomic E-state index is -1.07. The highest BCUT2D eigenvalue weighted by atomic mass is 35.5. The van der Waals surface area contributed by atoms with Gasteiger partial charge in [0.25, 0.3) is 5.91 Å². The van der Waals surface area contributed by atoms with E-state index >= 15 is 0 Å². The zero-order valence-electron chi connectivity index (χ0n) is 26.1. The maximum Gasteiger partial charge on any atom is 0.343 e. The number of halogens is 2. The Morgan fingerprint density at radius 1 is 0.935 bits per heavy atom. The van der Waals surface area contributed by atoms with Crippen molar-refractivity contribution in [1.29, 1.82) is 0 Å². The predicted molar refractivity (Wildman–Crippen MR) is 174 cm³/mol. The van der Waals surface area contributed by atoms with Gasteiger partial charge in [-0.2, -0.15) is 0 Å². The second kappa shape index (κ2) is 17.0. The summed E-state index contributed by atoms with van der Waals surface area (Å²) in [7, 11) is 1.21. The molecule has 10 nitrogen and oxygen atoms in total. The molecule has 0 aliphatic rings. The Balaban J connectivity index is 1.83. The summed E-state index contributed by atoms with van der Waals surface area (Å²) in [5.41, 5.74) is 6.27. The number of carbonyl (C=O) groups is 4. The Morgan fingerprint density at radius 3 is 2.17 bits per heavy atom. The van der Waals surface area contributed by atoms with Crippen LogP contribution in [-0.4, -0.2) is 55.2 Å². The van der Waals surface area contributed by atoms with Gasteiger partial charge in [0.15, 0.2) is 11.5 Å². The van der Waals surface area contributed by atoms with Gasteiger partial charge in [-0.15, -0.1) is 0 Å². The molecule has 2 atom stereocenters. The van der Waals surface area contributed by atoms with Gasteiger partial charge in [-0.3, -0.25) is 9.59 Å². The van der Waals surface area contributed by atoms with E-state index in [2.05, 4.69) is 5.32 Å². The summed E-state index contributed by atoms with van der Waals surface area (Å²) < 4.78 is 21.7. The molecule has 246 valence electrons. The van der Waals surface area contributed by atoms with Crippen LogP contribution >= 0.6 is 23.2 Å². The quantitative estimate of drug-likeness (QED) is 0.121. The first-order chi connectivity index (χ1) is 21.8. The molecule has 0 heterocycles. The largest absolute Gasteiger partial charge is 0.490 e. The summed E-state index contributed by atoms with van der Waals surface area (Å²) in [4.78, 5) is 51.3. The number of ether oxygens (including phenoxy) is 4. The highest BCUT2D eigenvalue weighted by Crippen LogP contribution is 2.43. The van der Waals surface area contributed by atoms with E-state index in [0.717, 1.165) is 5.56 Å². The van der Waals surface area contributed by atoms with Gasteiger partial charge in [-0.25, -0.2) is 9.59 Å². The van der Waals surface area contributed by atoms with E-state index in [0.29, 0.717) is 12.8 Å². The van der Waals surface area contributed by atoms with Crippen LogP contribution < -0.4 is 20.5 Å². The molecule has 0 spiro atoms. The number of carbonyl (C=O) groups excluding carboxylic acids is 4. The molecule has 0 fully saturated rings. The average Bonchev–Trinajstić information content (AvgIpc) is 3.00. The third-order valence-corrected chi connectivity index (χ3v) is 7.09. The summed E-state index contributed by atoms with van der Waals surface area (Å²) in [6.45, 7) is 5.43. The predicted octanol–water partition coefficient (Wildman–Crippen LogP) is 5.94. The van der Waals surface area contributed by atoms with Crippen LogP contribution in [0.3, 0.4) is 0 Å². The van der Waals surface area contributed by atoms with E-state index in [1.54, 1.807) is 63.2 Å². The van der Waals surface area contributed by atoms with Crippen molar-refractivity contribution in [2.45, 2.75) is 64.1 Å². The molecule has 0 aliphatic carbocycles. The SMILES string of the molecule is COC(=O)[C@H](Cc1ccccc1)NC(=O)c1cc(Cl)c(OCCCC(N)CC(=O)OC(C)(C)C)c(Cl)c1OC(=O)c1ccccc1. The number of amides is 1. The summed E-state index contributed by atoms with van der Waals surface area (Å²) in [6, 6.07) is 16.9. The minimum Gasteiger partial charge on any atom is -0.490 e. The van der Waals surface area contributed by atoms with E-state index in [4.69, 9.17) is 47.9 Å². The van der Waals surface area contributed by atoms with E-state index in [1.807, 2.05) is 6.07 Å². The molecule has 1 amide bonds. The minimum absolute atomic E-state index is 0.0229. The molecular formula is C34H38Cl2N2O8. The second-order valence-electron chi connectivity index (χ2n) is 11.4. The molecule has 1 unspecified atom stereocenters. The van der Waals surface area contributed by atoms with Gasteiger partial charge in [0.1, 0.15) is 16.7 Å². The van der Waals surface area contributed by atoms with Crippen molar-refractivity contribution in [2.75, 3.05) is 13.7 Å². The number of methoxy groups -OCH3 is 1. The summed E-state index contributed by atoms with van der Waals surface area (Å²) in [6.07, 6.45) is 1.04. The molecule has 3 aromatic rings. The molecule has 0 bridgehead atoms. The van der Waals surface area contributed by atoms with Crippen LogP contribution in [0.2, 0.25) is 10.0 Å². The van der Waals surface area contributed by atoms with Gasteiger partial charge in [-0.1, -0.05) is 71.7 Å². The Labute approximate surface area is 278 Å². The molecule has 3 rings (SSSR count). The number of hydrogen-bond acceptors (Lipinski definition) is 9. The smallest absolute Gasteiger partial charge is 0.343 e. The molecule has 0 aliphatic heterocycles. The zero-order valence-corrected chi connectivity index (χ0v) is 27.7. The third-order valence-electron chi connectivity index (χ3n) is 6.47. The van der Waals surface area contributed by atoms with Crippen molar-refractivity contribution in [3.05, 3.63) is 93.5 Å². The maximum atomic E-state index is 13.6. The molecule has 0 saturated carbocycles. The first kappa shape index (κ1) is 36.3. The Kier molecular flexibility index (Phi) is 13.4. The fourth-order valence-corrected chi connectivity index (χ4v) is 4.95. The van der Waals surface area contributed by atoms with Crippen LogP contribution in [0, 0.1) is 0 Å². The lowest BCUT2D eigenvalue weighted by atomic mass is 10.0. The van der Waals surface area contributed by atoms with Crippen LogP contribution in [0.15, 0.2) is 66.7 Å².